The molecule has 0 spiro atoms. The van der Waals surface area contributed by atoms with E-state index in [0.717, 1.165) is 16.9 Å². The van der Waals surface area contributed by atoms with Gasteiger partial charge in [-0.05, 0) is 29.8 Å². The van der Waals surface area contributed by atoms with E-state index in [4.69, 9.17) is 20.9 Å². The predicted octanol–water partition coefficient (Wildman–Crippen LogP) is 4.18. The van der Waals surface area contributed by atoms with Crippen LogP contribution in [0.4, 0.5) is 5.88 Å². The van der Waals surface area contributed by atoms with Crippen LogP contribution in [0.25, 0.3) is 11.3 Å². The van der Waals surface area contributed by atoms with Crippen LogP contribution in [0.5, 0.6) is 5.75 Å². The topological polar surface area (TPSA) is 64.4 Å². The number of hydrogen-bond donors (Lipinski definition) is 1. The van der Waals surface area contributed by atoms with Gasteiger partial charge in [0.25, 0.3) is 0 Å². The number of carbonyl (C=O) groups excluding carboxylic acids is 1. The first-order chi connectivity index (χ1) is 11.6. The molecule has 1 N–H and O–H groups in total. The second kappa shape index (κ2) is 7.19. The Morgan fingerprint density at radius 2 is 1.88 bits per heavy atom. The number of hydrogen-bond acceptors (Lipinski definition) is 4. The van der Waals surface area contributed by atoms with Crippen molar-refractivity contribution < 1.29 is 14.1 Å². The number of halogens is 1. The van der Waals surface area contributed by atoms with Gasteiger partial charge in [0.05, 0.1) is 13.5 Å². The zero-order valence-electron chi connectivity index (χ0n) is 13.0. The standard InChI is InChI=1S/C18H15ClN2O3/c1-23-15-8-2-12(3-9-15)10-17(22)20-18-11-16(21-24-18)13-4-6-14(19)7-5-13/h2-9,11H,10H2,1H3,(H,20,22). The highest BCUT2D eigenvalue weighted by atomic mass is 35.5. The molecule has 0 atom stereocenters. The number of benzene rings is 2. The van der Waals surface area contributed by atoms with Crippen LogP contribution < -0.4 is 10.1 Å². The highest BCUT2D eigenvalue weighted by Gasteiger charge is 2.10. The first kappa shape index (κ1) is 16.1. The van der Waals surface area contributed by atoms with Crippen LogP contribution in [0.1, 0.15) is 5.56 Å². The van der Waals surface area contributed by atoms with Crippen LogP contribution in [-0.4, -0.2) is 18.2 Å². The maximum absolute atomic E-state index is 12.1. The summed E-state index contributed by atoms with van der Waals surface area (Å²) in [6.45, 7) is 0. The molecule has 0 bridgehead atoms. The molecule has 6 heteroatoms. The van der Waals surface area contributed by atoms with Crippen molar-refractivity contribution in [1.29, 1.82) is 0 Å². The molecule has 0 aliphatic heterocycles. The predicted molar refractivity (Wildman–Crippen MR) is 92.3 cm³/mol. The lowest BCUT2D eigenvalue weighted by Gasteiger charge is -2.03. The van der Waals surface area contributed by atoms with Gasteiger partial charge >= 0.3 is 0 Å². The number of nitrogens with one attached hydrogen (secondary N) is 1. The zero-order valence-corrected chi connectivity index (χ0v) is 13.7. The van der Waals surface area contributed by atoms with Gasteiger partial charge in [0.2, 0.25) is 11.8 Å². The Morgan fingerprint density at radius 3 is 2.54 bits per heavy atom. The summed E-state index contributed by atoms with van der Waals surface area (Å²) >= 11 is 5.86. The number of aromatic nitrogens is 1. The highest BCUT2D eigenvalue weighted by Crippen LogP contribution is 2.23. The van der Waals surface area contributed by atoms with E-state index in [1.54, 1.807) is 25.3 Å². The molecule has 2 aromatic carbocycles. The van der Waals surface area contributed by atoms with E-state index in [1.807, 2.05) is 36.4 Å². The fourth-order valence-corrected chi connectivity index (χ4v) is 2.33. The summed E-state index contributed by atoms with van der Waals surface area (Å²) in [4.78, 5) is 12.1. The second-order valence-electron chi connectivity index (χ2n) is 5.16. The Balaban J connectivity index is 1.63. The quantitative estimate of drug-likeness (QED) is 0.755. The van der Waals surface area contributed by atoms with Gasteiger partial charge in [0.15, 0.2) is 0 Å². The third-order valence-corrected chi connectivity index (χ3v) is 3.69. The van der Waals surface area contributed by atoms with Crippen molar-refractivity contribution in [2.24, 2.45) is 0 Å². The number of carbonyl (C=O) groups is 1. The number of amides is 1. The molecule has 0 aliphatic rings. The molecular weight excluding hydrogens is 328 g/mol. The van der Waals surface area contributed by atoms with Gasteiger partial charge < -0.3 is 9.26 Å². The summed E-state index contributed by atoms with van der Waals surface area (Å²) in [5.74, 6) is 0.874. The Labute approximate surface area is 144 Å². The lowest BCUT2D eigenvalue weighted by atomic mass is 10.1. The smallest absolute Gasteiger partial charge is 0.231 e. The minimum Gasteiger partial charge on any atom is -0.497 e. The summed E-state index contributed by atoms with van der Waals surface area (Å²) in [6, 6.07) is 16.2. The molecule has 24 heavy (non-hydrogen) atoms. The monoisotopic (exact) mass is 342 g/mol. The molecule has 3 rings (SSSR count). The van der Waals surface area contributed by atoms with Crippen LogP contribution in [0.2, 0.25) is 5.02 Å². The highest BCUT2D eigenvalue weighted by molar-refractivity contribution is 6.30. The van der Waals surface area contributed by atoms with E-state index in [9.17, 15) is 4.79 Å². The van der Waals surface area contributed by atoms with Crippen molar-refractivity contribution in [3.8, 4) is 17.0 Å². The molecule has 122 valence electrons. The Hall–Kier alpha value is -2.79. The van der Waals surface area contributed by atoms with Crippen molar-refractivity contribution in [1.82, 2.24) is 5.16 Å². The zero-order chi connectivity index (χ0) is 16.9. The van der Waals surface area contributed by atoms with Crippen LogP contribution >= 0.6 is 11.6 Å². The molecule has 0 unspecified atom stereocenters. The molecule has 5 nitrogen and oxygen atoms in total. The molecule has 1 amide bonds. The molecule has 0 radical (unpaired) electrons. The molecule has 1 heterocycles. The van der Waals surface area contributed by atoms with Crippen LogP contribution in [0, 0.1) is 0 Å². The van der Waals surface area contributed by atoms with Crippen LogP contribution in [0.15, 0.2) is 59.1 Å². The molecule has 0 saturated heterocycles. The first-order valence-electron chi connectivity index (χ1n) is 7.29. The summed E-state index contributed by atoms with van der Waals surface area (Å²) in [5.41, 5.74) is 2.37. The lowest BCUT2D eigenvalue weighted by molar-refractivity contribution is -0.115. The maximum Gasteiger partial charge on any atom is 0.231 e. The Bertz CT molecular complexity index is 826. The molecule has 0 aliphatic carbocycles. The van der Waals surface area contributed by atoms with E-state index in [2.05, 4.69) is 10.5 Å². The molecule has 3 aromatic rings. The summed E-state index contributed by atoms with van der Waals surface area (Å²) in [7, 11) is 1.60. The van der Waals surface area contributed by atoms with E-state index in [1.165, 1.54) is 0 Å². The van der Waals surface area contributed by atoms with Gasteiger partial charge in [-0.2, -0.15) is 0 Å². The number of nitrogens with zero attached hydrogens (tertiary/aromatic N) is 1. The number of rotatable bonds is 5. The van der Waals surface area contributed by atoms with Gasteiger partial charge in [0, 0.05) is 16.7 Å². The fraction of sp³-hybridized carbons (Fsp3) is 0.111. The number of ether oxygens (including phenoxy) is 1. The van der Waals surface area contributed by atoms with E-state index in [-0.39, 0.29) is 12.3 Å². The Kier molecular flexibility index (Phi) is 4.82. The summed E-state index contributed by atoms with van der Waals surface area (Å²) in [6.07, 6.45) is 0.237. The normalized spacial score (nSPS) is 10.4. The van der Waals surface area contributed by atoms with Crippen molar-refractivity contribution in [3.05, 3.63) is 65.2 Å². The van der Waals surface area contributed by atoms with Gasteiger partial charge in [0.1, 0.15) is 11.4 Å². The number of methoxy groups -OCH3 is 1. The summed E-state index contributed by atoms with van der Waals surface area (Å²) in [5, 5.41) is 7.29. The van der Waals surface area contributed by atoms with E-state index < -0.39 is 0 Å². The first-order valence-corrected chi connectivity index (χ1v) is 7.67. The van der Waals surface area contributed by atoms with Crippen LogP contribution in [-0.2, 0) is 11.2 Å². The minimum absolute atomic E-state index is 0.182. The van der Waals surface area contributed by atoms with Crippen molar-refractivity contribution in [2.75, 3.05) is 12.4 Å². The third kappa shape index (κ3) is 3.94. The molecule has 0 fully saturated rings. The van der Waals surface area contributed by atoms with Gasteiger partial charge in [-0.3, -0.25) is 10.1 Å². The van der Waals surface area contributed by atoms with Crippen molar-refractivity contribution in [3.63, 3.8) is 0 Å². The van der Waals surface area contributed by atoms with Crippen molar-refractivity contribution in [2.45, 2.75) is 6.42 Å². The maximum atomic E-state index is 12.1. The van der Waals surface area contributed by atoms with Crippen molar-refractivity contribution >= 4 is 23.4 Å². The third-order valence-electron chi connectivity index (χ3n) is 3.44. The largest absolute Gasteiger partial charge is 0.497 e. The van der Waals surface area contributed by atoms with E-state index >= 15 is 0 Å². The number of anilines is 1. The average Bonchev–Trinajstić information content (AvgIpc) is 3.04. The van der Waals surface area contributed by atoms with Gasteiger partial charge in [-0.1, -0.05) is 41.0 Å². The molecule has 1 aromatic heterocycles. The SMILES string of the molecule is COc1ccc(CC(=O)Nc2cc(-c3ccc(Cl)cc3)no2)cc1. The van der Waals surface area contributed by atoms with Crippen LogP contribution in [0.3, 0.4) is 0 Å². The lowest BCUT2D eigenvalue weighted by Crippen LogP contribution is -2.13. The van der Waals surface area contributed by atoms with Gasteiger partial charge in [-0.15, -0.1) is 0 Å². The Morgan fingerprint density at radius 1 is 1.17 bits per heavy atom. The van der Waals surface area contributed by atoms with Gasteiger partial charge in [-0.25, -0.2) is 0 Å². The second-order valence-corrected chi connectivity index (χ2v) is 5.59. The minimum atomic E-state index is -0.182. The molecular formula is C18H15ClN2O3. The van der Waals surface area contributed by atoms with E-state index in [0.29, 0.717) is 16.6 Å². The summed E-state index contributed by atoms with van der Waals surface area (Å²) < 4.78 is 10.2. The fourth-order valence-electron chi connectivity index (χ4n) is 2.20. The molecule has 0 saturated carbocycles. The average molecular weight is 343 g/mol.